The van der Waals surface area contributed by atoms with Crippen LogP contribution in [-0.4, -0.2) is 6.66 Å². The van der Waals surface area contributed by atoms with Crippen LogP contribution in [0.5, 0.6) is 0 Å². The molecular weight excluding hydrogens is 618 g/mol. The Hall–Kier alpha value is 4.09. The Morgan fingerprint density at radius 3 is 1.09 bits per heavy atom. The summed E-state index contributed by atoms with van der Waals surface area (Å²) in [6, 6.07) is 0. The van der Waals surface area contributed by atoms with E-state index in [0.717, 1.165) is 0 Å². The topological polar surface area (TPSA) is 0 Å². The fourth-order valence-corrected chi connectivity index (χ4v) is 0. The molecule has 88 valence electrons. The van der Waals surface area contributed by atoms with Crippen LogP contribution < -0.4 is 0 Å². The van der Waals surface area contributed by atoms with Crippen molar-refractivity contribution in [1.29, 1.82) is 0 Å². The summed E-state index contributed by atoms with van der Waals surface area (Å²) >= 11 is 10.2. The van der Waals surface area contributed by atoms with E-state index in [9.17, 15) is 0 Å². The van der Waals surface area contributed by atoms with Gasteiger partial charge in [0.15, 0.2) is 0 Å². The van der Waals surface area contributed by atoms with Gasteiger partial charge in [-0.2, -0.15) is 9.90 Å². The van der Waals surface area contributed by atoms with Crippen LogP contribution in [0.15, 0.2) is 0 Å². The first-order chi connectivity index (χ1) is 3.41. The maximum absolute atomic E-state index is 4.16. The summed E-state index contributed by atoms with van der Waals surface area (Å²) in [4.78, 5) is 0. The van der Waals surface area contributed by atoms with E-state index in [1.807, 2.05) is 6.66 Å². The molecule has 0 saturated heterocycles. The van der Waals surface area contributed by atoms with E-state index in [-0.39, 0.29) is 32.2 Å². The molecule has 0 aromatic carbocycles. The number of rotatable bonds is 0. The van der Waals surface area contributed by atoms with Gasteiger partial charge in [-0.3, -0.25) is 0 Å². The molecule has 0 amide bonds. The Kier molecular flexibility index (Phi) is 388. The summed E-state index contributed by atoms with van der Waals surface area (Å²) in [5.74, 6) is 0. The van der Waals surface area contributed by atoms with Gasteiger partial charge in [0.1, 0.15) is 0 Å². The molecule has 7 heteroatoms. The predicted octanol–water partition coefficient (Wildman–Crippen LogP) is 4.74. The molecule has 0 radical (unpaired) electrons. The first-order valence-electron chi connectivity index (χ1n) is 0.919. The van der Waals surface area contributed by atoms with Crippen LogP contribution in [0.1, 0.15) is 7.43 Å². The van der Waals surface area contributed by atoms with Crippen LogP contribution in [-0.2, 0) is 21.2 Å². The van der Waals surface area contributed by atoms with E-state index < -0.39 is 0 Å². The summed E-state index contributed by atoms with van der Waals surface area (Å²) < 4.78 is 0. The van der Waals surface area contributed by atoms with Gasteiger partial charge in [-0.1, -0.05) is 14.1 Å². The predicted molar refractivity (Wildman–Crippen MR) is 88.4 cm³/mol. The van der Waals surface area contributed by atoms with E-state index in [4.69, 9.17) is 0 Å². The second kappa shape index (κ2) is 93.2. The average Bonchev–Trinajstić information content (AvgIpc) is 1.78. The molecule has 0 rings (SSSR count). The van der Waals surface area contributed by atoms with E-state index in [1.165, 1.54) is 0 Å². The van der Waals surface area contributed by atoms with Crippen molar-refractivity contribution in [3.8, 4) is 0 Å². The van der Waals surface area contributed by atoms with Crippen molar-refractivity contribution in [3.63, 3.8) is 0 Å². The molecule has 0 fully saturated rings. The molecule has 0 aromatic rings. The molecule has 2 atom stereocenters. The van der Waals surface area contributed by atoms with Gasteiger partial charge in [-0.15, -0.1) is 9.24 Å². The zero-order chi connectivity index (χ0) is 6.71. The van der Waals surface area contributed by atoms with Gasteiger partial charge in [-0.05, 0) is 0 Å². The number of halogens is 3. The third-order valence-corrected chi connectivity index (χ3v) is 0. The Morgan fingerprint density at radius 2 is 1.09 bits per heavy atom. The summed E-state index contributed by atoms with van der Waals surface area (Å²) in [5.41, 5.74) is 0. The van der Waals surface area contributed by atoms with Crippen molar-refractivity contribution in [3.05, 3.63) is 14.9 Å². The van der Waals surface area contributed by atoms with Crippen LogP contribution in [0.4, 0.5) is 0 Å². The monoisotopic (exact) mass is 635 g/mol. The van der Waals surface area contributed by atoms with Gasteiger partial charge in [0.25, 0.3) is 0 Å². The quantitative estimate of drug-likeness (QED) is 0.156. The molecule has 0 aliphatic rings. The average molecular weight is 636 g/mol. The van der Waals surface area contributed by atoms with Gasteiger partial charge in [0, 0.05) is 0 Å². The SMILES string of the molecule is C.CP.P.[CH3-].[CH3-].[Cu+][I].[I][Cu][I]. The molecule has 0 heterocycles. The molecule has 11 heavy (non-hydrogen) atoms. The van der Waals surface area contributed by atoms with Crippen LogP contribution in [0, 0.1) is 14.9 Å². The van der Waals surface area contributed by atoms with Gasteiger partial charge < -0.3 is 14.9 Å². The molecule has 2 unspecified atom stereocenters. The van der Waals surface area contributed by atoms with E-state index in [1.54, 1.807) is 28.8 Å². The fraction of sp³-hybridized carbons (Fsp3) is 0.500. The first kappa shape index (κ1) is 45.8. The summed E-state index contributed by atoms with van der Waals surface area (Å²) in [6.45, 7) is 1.92. The second-order valence-electron chi connectivity index (χ2n) is 0.0431. The first-order valence-corrected chi connectivity index (χ1v) is 11.2. The Bertz CT molecular complexity index is 21.3. The van der Waals surface area contributed by atoms with E-state index in [0.29, 0.717) is 0 Å². The standard InChI is InChI=1S/CH5P.CH4.2CH3.2Cu.3HI.H3P/c1-2;;;;;;;;;/h2H2,1H3;1H4;2*1H3;;;3*1H;1H3/q;;2*-1;2*+2;;;;/p-3. The molecule has 0 nitrogen and oxygen atoms in total. The molecule has 0 aliphatic heterocycles. The van der Waals surface area contributed by atoms with Crippen molar-refractivity contribution in [1.82, 2.24) is 0 Å². The van der Waals surface area contributed by atoms with Crippen molar-refractivity contribution < 1.29 is 21.2 Å². The summed E-state index contributed by atoms with van der Waals surface area (Å²) in [5, 5.41) is 0. The molecule has 0 spiro atoms. The third kappa shape index (κ3) is 123. The van der Waals surface area contributed by atoms with Crippen molar-refractivity contribution in [2.45, 2.75) is 7.43 Å². The molecule has 0 N–H and O–H groups in total. The molecule has 0 bridgehead atoms. The molecule has 0 aliphatic carbocycles. The molecule has 0 aromatic heterocycles. The van der Waals surface area contributed by atoms with Crippen LogP contribution >= 0.6 is 80.2 Å². The van der Waals surface area contributed by atoms with E-state index in [2.05, 4.69) is 62.7 Å². The second-order valence-corrected chi connectivity index (χ2v) is 7.99. The Labute approximate surface area is 128 Å². The number of hydrogen-bond acceptors (Lipinski definition) is 0. The van der Waals surface area contributed by atoms with Gasteiger partial charge in [0.05, 0.1) is 0 Å². The zero-order valence-corrected chi connectivity index (χ0v) is 16.9. The van der Waals surface area contributed by atoms with Crippen molar-refractivity contribution in [2.75, 3.05) is 6.66 Å². The molecule has 0 saturated carbocycles. The van der Waals surface area contributed by atoms with Crippen LogP contribution in [0.25, 0.3) is 0 Å². The van der Waals surface area contributed by atoms with E-state index >= 15 is 0 Å². The van der Waals surface area contributed by atoms with Gasteiger partial charge >= 0.3 is 82.3 Å². The molecular formula is C4H18Cu2I3P2-. The Balaban J connectivity index is -0.00000000378. The zero-order valence-electron chi connectivity index (χ0n) is 6.02. The minimum absolute atomic E-state index is 0. The maximum atomic E-state index is 4.16. The fourth-order valence-electron chi connectivity index (χ4n) is 0. The van der Waals surface area contributed by atoms with Crippen molar-refractivity contribution >= 4 is 80.2 Å². The summed E-state index contributed by atoms with van der Waals surface area (Å²) in [7, 11) is 4.17. The van der Waals surface area contributed by atoms with Crippen molar-refractivity contribution in [2.24, 2.45) is 0 Å². The van der Waals surface area contributed by atoms with Crippen LogP contribution in [0.2, 0.25) is 0 Å². The Morgan fingerprint density at radius 1 is 1.09 bits per heavy atom. The number of hydrogen-bond donors (Lipinski definition) is 0. The minimum atomic E-state index is 0. The summed E-state index contributed by atoms with van der Waals surface area (Å²) in [6.07, 6.45) is 0. The van der Waals surface area contributed by atoms with Gasteiger partial charge in [-0.25, -0.2) is 0 Å². The van der Waals surface area contributed by atoms with Crippen LogP contribution in [0.3, 0.4) is 0 Å². The van der Waals surface area contributed by atoms with Gasteiger partial charge in [0.2, 0.25) is 0 Å². The third-order valence-electron chi connectivity index (χ3n) is 0. The normalized spacial score (nSPS) is 3.18.